The molecule has 1 saturated heterocycles. The van der Waals surface area contributed by atoms with Gasteiger partial charge in [-0.3, -0.25) is 4.79 Å². The van der Waals surface area contributed by atoms with Gasteiger partial charge in [0, 0.05) is 43.5 Å². The van der Waals surface area contributed by atoms with E-state index in [2.05, 4.69) is 27.3 Å². The van der Waals surface area contributed by atoms with Crippen molar-refractivity contribution in [1.29, 1.82) is 0 Å². The minimum atomic E-state index is 0.214. The van der Waals surface area contributed by atoms with Crippen molar-refractivity contribution in [3.63, 3.8) is 0 Å². The van der Waals surface area contributed by atoms with Gasteiger partial charge in [0.25, 0.3) is 5.78 Å². The lowest BCUT2D eigenvalue weighted by atomic mass is 10.1. The van der Waals surface area contributed by atoms with Crippen molar-refractivity contribution in [2.75, 3.05) is 19.6 Å². The number of nitrogens with zero attached hydrogens (tertiary/aromatic N) is 5. The number of piperazine rings is 1. The molecule has 7 heteroatoms. The van der Waals surface area contributed by atoms with E-state index in [1.54, 1.807) is 4.52 Å². The molecule has 2 aromatic heterocycles. The molecule has 0 bridgehead atoms. The molecule has 0 unspecified atom stereocenters. The lowest BCUT2D eigenvalue weighted by Gasteiger charge is -2.34. The Morgan fingerprint density at radius 2 is 2.27 bits per heavy atom. The average molecular weight is 302 g/mol. The van der Waals surface area contributed by atoms with Gasteiger partial charge in [0.15, 0.2) is 0 Å². The summed E-state index contributed by atoms with van der Waals surface area (Å²) in [7, 11) is 0. The second-order valence-corrected chi connectivity index (χ2v) is 5.87. The number of rotatable bonds is 3. The molecule has 0 aromatic carbocycles. The third-order valence-electron chi connectivity index (χ3n) is 4.40. The van der Waals surface area contributed by atoms with E-state index in [4.69, 9.17) is 0 Å². The Morgan fingerprint density at radius 1 is 1.45 bits per heavy atom. The molecule has 1 aliphatic rings. The number of carbonyl (C=O) groups is 1. The van der Waals surface area contributed by atoms with Crippen LogP contribution in [0.4, 0.5) is 0 Å². The third kappa shape index (κ3) is 2.68. The molecule has 0 saturated carbocycles. The van der Waals surface area contributed by atoms with Gasteiger partial charge >= 0.3 is 0 Å². The van der Waals surface area contributed by atoms with E-state index in [9.17, 15) is 4.79 Å². The number of carbonyl (C=O) groups excluding carboxylic acids is 1. The molecule has 1 fully saturated rings. The fourth-order valence-corrected chi connectivity index (χ4v) is 3.10. The Balaban J connectivity index is 1.74. The molecule has 0 spiro atoms. The summed E-state index contributed by atoms with van der Waals surface area (Å²) in [4.78, 5) is 23.0. The fourth-order valence-electron chi connectivity index (χ4n) is 3.10. The van der Waals surface area contributed by atoms with Crippen LogP contribution in [0.3, 0.4) is 0 Å². The van der Waals surface area contributed by atoms with E-state index >= 15 is 0 Å². The van der Waals surface area contributed by atoms with Gasteiger partial charge in [-0.05, 0) is 32.8 Å². The molecule has 118 valence electrons. The molecule has 1 atom stereocenters. The van der Waals surface area contributed by atoms with Gasteiger partial charge in [-0.15, -0.1) is 0 Å². The van der Waals surface area contributed by atoms with E-state index < -0.39 is 0 Å². The van der Waals surface area contributed by atoms with Crippen molar-refractivity contribution >= 4 is 11.7 Å². The maximum Gasteiger partial charge on any atom is 0.252 e. The highest BCUT2D eigenvalue weighted by atomic mass is 16.2. The van der Waals surface area contributed by atoms with Crippen LogP contribution in [0.1, 0.15) is 30.3 Å². The van der Waals surface area contributed by atoms with Crippen LogP contribution in [-0.2, 0) is 11.2 Å². The summed E-state index contributed by atoms with van der Waals surface area (Å²) in [6, 6.07) is 0.263. The first-order chi connectivity index (χ1) is 10.6. The van der Waals surface area contributed by atoms with Crippen molar-refractivity contribution in [2.45, 2.75) is 39.7 Å². The average Bonchev–Trinajstić information content (AvgIpc) is 2.95. The largest absolute Gasteiger partial charge is 0.337 e. The number of hydrogen-bond acceptors (Lipinski definition) is 5. The molecule has 3 heterocycles. The predicted molar refractivity (Wildman–Crippen MR) is 82.6 cm³/mol. The Labute approximate surface area is 129 Å². The lowest BCUT2D eigenvalue weighted by Crippen LogP contribution is -2.52. The summed E-state index contributed by atoms with van der Waals surface area (Å²) in [5.41, 5.74) is 3.04. The molecule has 2 aromatic rings. The molecule has 1 amide bonds. The number of hydrogen-bond donors (Lipinski definition) is 1. The predicted octanol–water partition coefficient (Wildman–Crippen LogP) is 0.494. The monoisotopic (exact) mass is 302 g/mol. The maximum atomic E-state index is 12.5. The summed E-state index contributed by atoms with van der Waals surface area (Å²) < 4.78 is 1.74. The molecular weight excluding hydrogens is 280 g/mol. The standard InChI is InChI=1S/C15H22N6O/c1-10-8-16-6-7-20(10)14(22)5-4-13-11(2)19-15-17-9-18-21(15)12(13)3/h9-10,16H,4-8H2,1-3H3/t10-/m1/s1. The maximum absolute atomic E-state index is 12.5. The summed E-state index contributed by atoms with van der Waals surface area (Å²) in [6.07, 6.45) is 2.70. The van der Waals surface area contributed by atoms with E-state index in [-0.39, 0.29) is 11.9 Å². The number of amides is 1. The molecule has 1 N–H and O–H groups in total. The van der Waals surface area contributed by atoms with Crippen LogP contribution in [-0.4, -0.2) is 56.1 Å². The Kier molecular flexibility index (Phi) is 4.06. The summed E-state index contributed by atoms with van der Waals surface area (Å²) in [5, 5.41) is 7.49. The highest BCUT2D eigenvalue weighted by Crippen LogP contribution is 2.16. The fraction of sp³-hybridized carbons (Fsp3) is 0.600. The SMILES string of the molecule is Cc1nc2ncnn2c(C)c1CCC(=O)N1CCNC[C@H]1C. The zero-order chi connectivity index (χ0) is 15.7. The van der Waals surface area contributed by atoms with Crippen LogP contribution in [0.15, 0.2) is 6.33 Å². The number of aryl methyl sites for hydroxylation is 2. The van der Waals surface area contributed by atoms with E-state index in [1.165, 1.54) is 6.33 Å². The number of nitrogens with one attached hydrogen (secondary N) is 1. The Morgan fingerprint density at radius 3 is 3.05 bits per heavy atom. The summed E-state index contributed by atoms with van der Waals surface area (Å²) in [6.45, 7) is 8.59. The molecule has 0 radical (unpaired) electrons. The zero-order valence-corrected chi connectivity index (χ0v) is 13.3. The first-order valence-corrected chi connectivity index (χ1v) is 7.74. The second kappa shape index (κ2) is 6.00. The minimum Gasteiger partial charge on any atom is -0.337 e. The zero-order valence-electron chi connectivity index (χ0n) is 13.3. The normalized spacial score (nSPS) is 18.9. The van der Waals surface area contributed by atoms with E-state index in [1.807, 2.05) is 18.7 Å². The van der Waals surface area contributed by atoms with E-state index in [0.29, 0.717) is 18.6 Å². The van der Waals surface area contributed by atoms with Gasteiger partial charge in [-0.25, -0.2) is 9.50 Å². The van der Waals surface area contributed by atoms with Crippen molar-refractivity contribution in [3.05, 3.63) is 23.3 Å². The van der Waals surface area contributed by atoms with Gasteiger partial charge in [-0.1, -0.05) is 0 Å². The first-order valence-electron chi connectivity index (χ1n) is 7.74. The van der Waals surface area contributed by atoms with Crippen molar-refractivity contribution in [1.82, 2.24) is 29.8 Å². The molecule has 1 aliphatic heterocycles. The smallest absolute Gasteiger partial charge is 0.252 e. The molecular formula is C15H22N6O. The van der Waals surface area contributed by atoms with Gasteiger partial charge in [-0.2, -0.15) is 10.1 Å². The molecule has 7 nitrogen and oxygen atoms in total. The second-order valence-electron chi connectivity index (χ2n) is 5.87. The highest BCUT2D eigenvalue weighted by molar-refractivity contribution is 5.77. The van der Waals surface area contributed by atoms with Crippen LogP contribution < -0.4 is 5.32 Å². The molecule has 3 rings (SSSR count). The quantitative estimate of drug-likeness (QED) is 0.893. The van der Waals surface area contributed by atoms with Gasteiger partial charge in [0.1, 0.15) is 6.33 Å². The third-order valence-corrected chi connectivity index (χ3v) is 4.40. The van der Waals surface area contributed by atoms with Crippen LogP contribution in [0.5, 0.6) is 0 Å². The van der Waals surface area contributed by atoms with E-state index in [0.717, 1.165) is 36.6 Å². The first kappa shape index (κ1) is 14.9. The number of aromatic nitrogens is 4. The van der Waals surface area contributed by atoms with Crippen LogP contribution in [0.25, 0.3) is 5.78 Å². The van der Waals surface area contributed by atoms with Crippen molar-refractivity contribution in [3.8, 4) is 0 Å². The van der Waals surface area contributed by atoms with Crippen LogP contribution >= 0.6 is 0 Å². The topological polar surface area (TPSA) is 75.4 Å². The summed E-state index contributed by atoms with van der Waals surface area (Å²) >= 11 is 0. The van der Waals surface area contributed by atoms with Crippen LogP contribution in [0, 0.1) is 13.8 Å². The van der Waals surface area contributed by atoms with Crippen molar-refractivity contribution in [2.24, 2.45) is 0 Å². The Hall–Kier alpha value is -2.02. The highest BCUT2D eigenvalue weighted by Gasteiger charge is 2.23. The molecule has 0 aliphatic carbocycles. The van der Waals surface area contributed by atoms with Gasteiger partial charge in [0.05, 0.1) is 0 Å². The summed E-state index contributed by atoms with van der Waals surface area (Å²) in [5.74, 6) is 0.826. The molecule has 22 heavy (non-hydrogen) atoms. The Bertz CT molecular complexity index is 695. The van der Waals surface area contributed by atoms with Crippen LogP contribution in [0.2, 0.25) is 0 Å². The van der Waals surface area contributed by atoms with Crippen molar-refractivity contribution < 1.29 is 4.79 Å². The number of fused-ring (bicyclic) bond motifs is 1. The minimum absolute atomic E-state index is 0.214. The lowest BCUT2D eigenvalue weighted by molar-refractivity contribution is -0.133. The van der Waals surface area contributed by atoms with Gasteiger partial charge < -0.3 is 10.2 Å². The van der Waals surface area contributed by atoms with Gasteiger partial charge in [0.2, 0.25) is 5.91 Å².